The molecular weight excluding hydrogens is 264 g/mol. The standard InChI is InChI=1S/C13H22N2O5/c1-13(20)3-2-5-14(6-4-13)12(19)15-8-9(16)7-10(15)11(17)18/h9-10,16,20H,2-8H2,1H3,(H,17,18)/t9?,10-,13?/m0/s1. The van der Waals surface area contributed by atoms with E-state index in [1.807, 2.05) is 0 Å². The maximum atomic E-state index is 12.4. The highest BCUT2D eigenvalue weighted by Crippen LogP contribution is 2.25. The fourth-order valence-corrected chi connectivity index (χ4v) is 2.90. The predicted molar refractivity (Wildman–Crippen MR) is 70.2 cm³/mol. The van der Waals surface area contributed by atoms with Gasteiger partial charge in [-0.1, -0.05) is 0 Å². The lowest BCUT2D eigenvalue weighted by atomic mass is 9.98. The van der Waals surface area contributed by atoms with E-state index in [1.165, 1.54) is 4.90 Å². The van der Waals surface area contributed by atoms with E-state index in [-0.39, 0.29) is 19.0 Å². The number of aliphatic hydroxyl groups excluding tert-OH is 1. The fourth-order valence-electron chi connectivity index (χ4n) is 2.90. The van der Waals surface area contributed by atoms with Crippen molar-refractivity contribution in [3.63, 3.8) is 0 Å². The molecule has 0 aromatic heterocycles. The summed E-state index contributed by atoms with van der Waals surface area (Å²) in [4.78, 5) is 26.4. The molecule has 2 fully saturated rings. The minimum absolute atomic E-state index is 0.0582. The summed E-state index contributed by atoms with van der Waals surface area (Å²) in [5.74, 6) is -1.09. The Balaban J connectivity index is 2.05. The molecule has 2 unspecified atom stereocenters. The smallest absolute Gasteiger partial charge is 0.326 e. The minimum Gasteiger partial charge on any atom is -0.480 e. The Labute approximate surface area is 117 Å². The van der Waals surface area contributed by atoms with E-state index in [4.69, 9.17) is 5.11 Å². The first-order chi connectivity index (χ1) is 9.30. The van der Waals surface area contributed by atoms with E-state index in [2.05, 4.69) is 0 Å². The second-order valence-corrected chi connectivity index (χ2v) is 6.02. The van der Waals surface area contributed by atoms with E-state index in [9.17, 15) is 19.8 Å². The highest BCUT2D eigenvalue weighted by molar-refractivity contribution is 5.83. The molecule has 2 rings (SSSR count). The third-order valence-corrected chi connectivity index (χ3v) is 4.14. The molecule has 7 nitrogen and oxygen atoms in total. The van der Waals surface area contributed by atoms with Crippen LogP contribution in [0.25, 0.3) is 0 Å². The van der Waals surface area contributed by atoms with Crippen LogP contribution in [0, 0.1) is 0 Å². The zero-order valence-electron chi connectivity index (χ0n) is 11.7. The molecule has 0 radical (unpaired) electrons. The maximum absolute atomic E-state index is 12.4. The molecule has 114 valence electrons. The highest BCUT2D eigenvalue weighted by atomic mass is 16.4. The van der Waals surface area contributed by atoms with Crippen LogP contribution in [0.1, 0.15) is 32.6 Å². The van der Waals surface area contributed by atoms with E-state index < -0.39 is 23.7 Å². The van der Waals surface area contributed by atoms with Crippen LogP contribution >= 0.6 is 0 Å². The molecule has 2 aliphatic heterocycles. The van der Waals surface area contributed by atoms with Gasteiger partial charge in [0, 0.05) is 26.1 Å². The van der Waals surface area contributed by atoms with E-state index >= 15 is 0 Å². The van der Waals surface area contributed by atoms with Crippen molar-refractivity contribution in [3.8, 4) is 0 Å². The van der Waals surface area contributed by atoms with Crippen molar-refractivity contribution in [1.82, 2.24) is 9.80 Å². The number of carboxylic acid groups (broad SMARTS) is 1. The summed E-state index contributed by atoms with van der Waals surface area (Å²) >= 11 is 0. The van der Waals surface area contributed by atoms with Crippen molar-refractivity contribution in [2.75, 3.05) is 19.6 Å². The van der Waals surface area contributed by atoms with Crippen LogP contribution in [-0.4, -0.2) is 74.5 Å². The first-order valence-corrected chi connectivity index (χ1v) is 6.99. The molecule has 2 saturated heterocycles. The first-order valence-electron chi connectivity index (χ1n) is 6.99. The molecular formula is C13H22N2O5. The summed E-state index contributed by atoms with van der Waals surface area (Å²) < 4.78 is 0. The van der Waals surface area contributed by atoms with Crippen LogP contribution in [0.2, 0.25) is 0 Å². The quantitative estimate of drug-likeness (QED) is 0.623. The Morgan fingerprint density at radius 3 is 2.60 bits per heavy atom. The van der Waals surface area contributed by atoms with Crippen molar-refractivity contribution in [3.05, 3.63) is 0 Å². The normalized spacial score (nSPS) is 35.0. The van der Waals surface area contributed by atoms with Gasteiger partial charge in [-0.05, 0) is 26.2 Å². The largest absolute Gasteiger partial charge is 0.480 e. The lowest BCUT2D eigenvalue weighted by Gasteiger charge is -2.29. The van der Waals surface area contributed by atoms with Crippen LogP contribution in [0.3, 0.4) is 0 Å². The van der Waals surface area contributed by atoms with Gasteiger partial charge < -0.3 is 25.1 Å². The second kappa shape index (κ2) is 5.57. The van der Waals surface area contributed by atoms with Crippen LogP contribution in [0.4, 0.5) is 4.79 Å². The summed E-state index contributed by atoms with van der Waals surface area (Å²) in [5, 5.41) is 28.7. The van der Waals surface area contributed by atoms with Crippen molar-refractivity contribution >= 4 is 12.0 Å². The third kappa shape index (κ3) is 3.21. The Hall–Kier alpha value is -1.34. The number of carboxylic acids is 1. The third-order valence-electron chi connectivity index (χ3n) is 4.14. The van der Waals surface area contributed by atoms with Crippen molar-refractivity contribution in [2.24, 2.45) is 0 Å². The fraction of sp³-hybridized carbons (Fsp3) is 0.846. The summed E-state index contributed by atoms with van der Waals surface area (Å²) in [5.41, 5.74) is -0.772. The number of rotatable bonds is 1. The van der Waals surface area contributed by atoms with Crippen LogP contribution < -0.4 is 0 Å². The van der Waals surface area contributed by atoms with Crippen LogP contribution in [-0.2, 0) is 4.79 Å². The van der Waals surface area contributed by atoms with Crippen molar-refractivity contribution in [2.45, 2.75) is 50.4 Å². The van der Waals surface area contributed by atoms with E-state index in [0.717, 1.165) is 0 Å². The number of amides is 2. The zero-order chi connectivity index (χ0) is 14.9. The van der Waals surface area contributed by atoms with Crippen LogP contribution in [0.15, 0.2) is 0 Å². The number of urea groups is 1. The number of aliphatic hydroxyl groups is 2. The van der Waals surface area contributed by atoms with Gasteiger partial charge in [-0.2, -0.15) is 0 Å². The lowest BCUT2D eigenvalue weighted by molar-refractivity contribution is -0.141. The van der Waals surface area contributed by atoms with E-state index in [1.54, 1.807) is 11.8 Å². The molecule has 0 aliphatic carbocycles. The Morgan fingerprint density at radius 2 is 1.95 bits per heavy atom. The molecule has 3 N–H and O–H groups in total. The maximum Gasteiger partial charge on any atom is 0.326 e. The molecule has 0 aromatic carbocycles. The number of carbonyl (C=O) groups excluding carboxylic acids is 1. The van der Waals surface area contributed by atoms with Gasteiger partial charge in [-0.15, -0.1) is 0 Å². The van der Waals surface area contributed by atoms with Crippen molar-refractivity contribution < 1.29 is 24.9 Å². The van der Waals surface area contributed by atoms with E-state index in [0.29, 0.717) is 32.4 Å². The molecule has 7 heteroatoms. The number of nitrogens with zero attached hydrogens (tertiary/aromatic N) is 2. The zero-order valence-corrected chi connectivity index (χ0v) is 11.7. The Bertz CT molecular complexity index is 398. The molecule has 0 bridgehead atoms. The van der Waals surface area contributed by atoms with Gasteiger partial charge in [-0.25, -0.2) is 9.59 Å². The molecule has 2 amide bonds. The summed E-state index contributed by atoms with van der Waals surface area (Å²) in [6.07, 6.45) is 1.09. The lowest BCUT2D eigenvalue weighted by Crippen LogP contribution is -2.48. The molecule has 0 aromatic rings. The van der Waals surface area contributed by atoms with Crippen LogP contribution in [0.5, 0.6) is 0 Å². The monoisotopic (exact) mass is 286 g/mol. The molecule has 3 atom stereocenters. The molecule has 2 aliphatic rings. The molecule has 2 heterocycles. The van der Waals surface area contributed by atoms with Gasteiger partial charge in [-0.3, -0.25) is 0 Å². The number of β-amino-alcohol motifs (C(OH)–C–C–N with tert-alkyl or cyclic N) is 1. The SMILES string of the molecule is CC1(O)CCCN(C(=O)N2CC(O)C[C@H]2C(=O)O)CC1. The molecule has 0 spiro atoms. The highest BCUT2D eigenvalue weighted by Gasteiger charge is 2.41. The van der Waals surface area contributed by atoms with Gasteiger partial charge in [0.2, 0.25) is 0 Å². The Morgan fingerprint density at radius 1 is 1.25 bits per heavy atom. The molecule has 20 heavy (non-hydrogen) atoms. The van der Waals surface area contributed by atoms with Gasteiger partial charge >= 0.3 is 12.0 Å². The van der Waals surface area contributed by atoms with Crippen molar-refractivity contribution in [1.29, 1.82) is 0 Å². The minimum atomic E-state index is -1.09. The summed E-state index contributed by atoms with van der Waals surface area (Å²) in [7, 11) is 0. The Kier molecular flexibility index (Phi) is 4.19. The average molecular weight is 286 g/mol. The van der Waals surface area contributed by atoms with Gasteiger partial charge in [0.05, 0.1) is 11.7 Å². The second-order valence-electron chi connectivity index (χ2n) is 6.02. The summed E-state index contributed by atoms with van der Waals surface area (Å²) in [6.45, 7) is 2.72. The topological polar surface area (TPSA) is 101 Å². The summed E-state index contributed by atoms with van der Waals surface area (Å²) in [6, 6.07) is -1.31. The number of hydrogen-bond acceptors (Lipinski definition) is 4. The van der Waals surface area contributed by atoms with Gasteiger partial charge in [0.1, 0.15) is 6.04 Å². The number of likely N-dealkylation sites (tertiary alicyclic amines) is 2. The van der Waals surface area contributed by atoms with Gasteiger partial charge in [0.15, 0.2) is 0 Å². The average Bonchev–Trinajstić information content (AvgIpc) is 2.65. The first kappa shape index (κ1) is 15.1. The number of carbonyl (C=O) groups is 2. The molecule has 0 saturated carbocycles. The number of hydrogen-bond donors (Lipinski definition) is 3. The number of aliphatic carboxylic acids is 1. The predicted octanol–water partition coefficient (Wildman–Crippen LogP) is -0.137. The van der Waals surface area contributed by atoms with Gasteiger partial charge in [0.25, 0.3) is 0 Å².